The predicted molar refractivity (Wildman–Crippen MR) is 117 cm³/mol. The molecule has 28 heavy (non-hydrogen) atoms. The fourth-order valence-corrected chi connectivity index (χ4v) is 4.11. The average Bonchev–Trinajstić information content (AvgIpc) is 2.96. The lowest BCUT2D eigenvalue weighted by atomic mass is 10.0. The number of rotatable bonds is 4. The second-order valence-electron chi connectivity index (χ2n) is 6.82. The van der Waals surface area contributed by atoms with Gasteiger partial charge in [-0.05, 0) is 64.1 Å². The number of aryl methyl sites for hydroxylation is 3. The minimum Gasteiger partial charge on any atom is -0.494 e. The van der Waals surface area contributed by atoms with Crippen molar-refractivity contribution in [1.29, 1.82) is 0 Å². The molecule has 0 aliphatic rings. The topological polar surface area (TPSA) is 39.9 Å². The van der Waals surface area contributed by atoms with Gasteiger partial charge in [-0.25, -0.2) is 0 Å². The van der Waals surface area contributed by atoms with Crippen LogP contribution < -0.4 is 4.74 Å². The first-order valence-corrected chi connectivity index (χ1v) is 10.1. The summed E-state index contributed by atoms with van der Waals surface area (Å²) in [6.07, 6.45) is 0. The zero-order valence-electron chi connectivity index (χ0n) is 16.5. The molecule has 2 aromatic heterocycles. The molecule has 0 spiro atoms. The standard InChI is InChI=1S/C23H22BrN3O/c1-5-28-20-12-10-19(11-13-20)27-15(3)21-14(2)25-26-23(22(21)16(27)4)17-6-8-18(24)9-7-17/h6-13H,5H2,1-4H3. The molecule has 4 rings (SSSR count). The van der Waals surface area contributed by atoms with Gasteiger partial charge in [0, 0.05) is 37.9 Å². The number of hydrogen-bond donors (Lipinski definition) is 0. The molecule has 0 N–H and O–H groups in total. The normalized spacial score (nSPS) is 11.2. The fraction of sp³-hybridized carbons (Fsp3) is 0.217. The van der Waals surface area contributed by atoms with Gasteiger partial charge >= 0.3 is 0 Å². The summed E-state index contributed by atoms with van der Waals surface area (Å²) in [6.45, 7) is 8.97. The van der Waals surface area contributed by atoms with Crippen LogP contribution in [-0.2, 0) is 0 Å². The first-order valence-electron chi connectivity index (χ1n) is 9.35. The largest absolute Gasteiger partial charge is 0.494 e. The van der Waals surface area contributed by atoms with E-state index in [0.29, 0.717) is 6.61 Å². The Bertz CT molecular complexity index is 1150. The highest BCUT2D eigenvalue weighted by Crippen LogP contribution is 2.36. The van der Waals surface area contributed by atoms with Crippen LogP contribution in [0.5, 0.6) is 5.75 Å². The Balaban J connectivity index is 1.95. The van der Waals surface area contributed by atoms with Crippen molar-refractivity contribution in [2.75, 3.05) is 6.61 Å². The van der Waals surface area contributed by atoms with Crippen molar-refractivity contribution in [3.63, 3.8) is 0 Å². The molecule has 0 bridgehead atoms. The second kappa shape index (κ2) is 7.40. The van der Waals surface area contributed by atoms with Crippen molar-refractivity contribution in [3.05, 3.63) is 70.1 Å². The summed E-state index contributed by atoms with van der Waals surface area (Å²) in [7, 11) is 0. The van der Waals surface area contributed by atoms with E-state index >= 15 is 0 Å². The van der Waals surface area contributed by atoms with E-state index in [4.69, 9.17) is 4.74 Å². The van der Waals surface area contributed by atoms with E-state index in [1.54, 1.807) is 0 Å². The fourth-order valence-electron chi connectivity index (χ4n) is 3.85. The van der Waals surface area contributed by atoms with Crippen LogP contribution in [0.3, 0.4) is 0 Å². The minimum atomic E-state index is 0.665. The van der Waals surface area contributed by atoms with Crippen molar-refractivity contribution in [3.8, 4) is 22.7 Å². The number of benzene rings is 2. The number of halogens is 1. The number of nitrogens with zero attached hydrogens (tertiary/aromatic N) is 3. The number of hydrogen-bond acceptors (Lipinski definition) is 3. The Hall–Kier alpha value is -2.66. The molecule has 142 valence electrons. The summed E-state index contributed by atoms with van der Waals surface area (Å²) < 4.78 is 8.91. The molecule has 0 saturated heterocycles. The Morgan fingerprint density at radius 1 is 0.857 bits per heavy atom. The van der Waals surface area contributed by atoms with Gasteiger partial charge in [0.2, 0.25) is 0 Å². The molecule has 5 heteroatoms. The molecule has 0 fully saturated rings. The summed E-state index contributed by atoms with van der Waals surface area (Å²) in [6, 6.07) is 16.4. The Morgan fingerprint density at radius 3 is 2.14 bits per heavy atom. The maximum absolute atomic E-state index is 5.59. The predicted octanol–water partition coefficient (Wildman–Crippen LogP) is 6.17. The molecular weight excluding hydrogens is 414 g/mol. The van der Waals surface area contributed by atoms with Crippen LogP contribution in [0.2, 0.25) is 0 Å². The van der Waals surface area contributed by atoms with E-state index in [2.05, 4.69) is 68.8 Å². The quantitative estimate of drug-likeness (QED) is 0.384. The smallest absolute Gasteiger partial charge is 0.119 e. The molecule has 0 amide bonds. The first kappa shape index (κ1) is 18.7. The summed E-state index contributed by atoms with van der Waals surface area (Å²) in [4.78, 5) is 0. The van der Waals surface area contributed by atoms with E-state index in [1.807, 2.05) is 38.1 Å². The molecule has 2 heterocycles. The zero-order chi connectivity index (χ0) is 19.8. The van der Waals surface area contributed by atoms with Gasteiger partial charge in [0.25, 0.3) is 0 Å². The van der Waals surface area contributed by atoms with Gasteiger partial charge in [0.1, 0.15) is 11.4 Å². The van der Waals surface area contributed by atoms with Crippen molar-refractivity contribution >= 4 is 26.7 Å². The molecule has 4 nitrogen and oxygen atoms in total. The minimum absolute atomic E-state index is 0.665. The van der Waals surface area contributed by atoms with Gasteiger partial charge in [0.05, 0.1) is 12.3 Å². The molecule has 0 aliphatic carbocycles. The lowest BCUT2D eigenvalue weighted by Gasteiger charge is -2.11. The molecule has 0 saturated carbocycles. The van der Waals surface area contributed by atoms with Crippen LogP contribution in [-0.4, -0.2) is 21.4 Å². The van der Waals surface area contributed by atoms with Crippen molar-refractivity contribution < 1.29 is 4.74 Å². The molecule has 0 aliphatic heterocycles. The van der Waals surface area contributed by atoms with Gasteiger partial charge in [0.15, 0.2) is 0 Å². The molecule has 0 radical (unpaired) electrons. The van der Waals surface area contributed by atoms with E-state index in [0.717, 1.165) is 43.9 Å². The monoisotopic (exact) mass is 435 g/mol. The maximum Gasteiger partial charge on any atom is 0.119 e. The van der Waals surface area contributed by atoms with Crippen molar-refractivity contribution in [1.82, 2.24) is 14.8 Å². The van der Waals surface area contributed by atoms with Crippen LogP contribution in [0.15, 0.2) is 53.0 Å². The van der Waals surface area contributed by atoms with E-state index in [1.165, 1.54) is 11.1 Å². The van der Waals surface area contributed by atoms with Crippen LogP contribution in [0, 0.1) is 20.8 Å². The molecular formula is C23H22BrN3O. The van der Waals surface area contributed by atoms with Gasteiger partial charge in [-0.15, -0.1) is 5.10 Å². The highest BCUT2D eigenvalue weighted by atomic mass is 79.9. The van der Waals surface area contributed by atoms with Crippen molar-refractivity contribution in [2.24, 2.45) is 0 Å². The third kappa shape index (κ3) is 3.10. The highest BCUT2D eigenvalue weighted by molar-refractivity contribution is 9.10. The molecule has 2 aromatic carbocycles. The van der Waals surface area contributed by atoms with Gasteiger partial charge in [-0.1, -0.05) is 28.1 Å². The summed E-state index contributed by atoms with van der Waals surface area (Å²) >= 11 is 3.51. The molecule has 0 atom stereocenters. The average molecular weight is 436 g/mol. The van der Waals surface area contributed by atoms with Crippen LogP contribution in [0.1, 0.15) is 24.0 Å². The van der Waals surface area contributed by atoms with Crippen molar-refractivity contribution in [2.45, 2.75) is 27.7 Å². The number of aromatic nitrogens is 3. The van der Waals surface area contributed by atoms with E-state index < -0.39 is 0 Å². The SMILES string of the molecule is CCOc1ccc(-n2c(C)c3c(C)nnc(-c4ccc(Br)cc4)c3c2C)cc1. The highest BCUT2D eigenvalue weighted by Gasteiger charge is 2.20. The Morgan fingerprint density at radius 2 is 1.50 bits per heavy atom. The lowest BCUT2D eigenvalue weighted by molar-refractivity contribution is 0.340. The second-order valence-corrected chi connectivity index (χ2v) is 7.74. The van der Waals surface area contributed by atoms with Gasteiger partial charge < -0.3 is 9.30 Å². The van der Waals surface area contributed by atoms with Crippen LogP contribution in [0.4, 0.5) is 0 Å². The maximum atomic E-state index is 5.59. The Kier molecular flexibility index (Phi) is 4.94. The molecule has 0 unspecified atom stereocenters. The summed E-state index contributed by atoms with van der Waals surface area (Å²) in [5.74, 6) is 0.883. The third-order valence-electron chi connectivity index (χ3n) is 5.07. The third-order valence-corrected chi connectivity index (χ3v) is 5.60. The van der Waals surface area contributed by atoms with Crippen LogP contribution >= 0.6 is 15.9 Å². The summed E-state index contributed by atoms with van der Waals surface area (Å²) in [5.41, 5.74) is 6.36. The van der Waals surface area contributed by atoms with E-state index in [-0.39, 0.29) is 0 Å². The summed E-state index contributed by atoms with van der Waals surface area (Å²) in [5, 5.41) is 11.3. The Labute approximate surface area is 173 Å². The van der Waals surface area contributed by atoms with Gasteiger partial charge in [-0.2, -0.15) is 5.10 Å². The first-order chi connectivity index (χ1) is 13.5. The lowest BCUT2D eigenvalue weighted by Crippen LogP contribution is -1.99. The van der Waals surface area contributed by atoms with Gasteiger partial charge in [-0.3, -0.25) is 0 Å². The number of ether oxygens (including phenoxy) is 1. The molecule has 4 aromatic rings. The zero-order valence-corrected chi connectivity index (χ0v) is 18.0. The number of fused-ring (bicyclic) bond motifs is 1. The van der Waals surface area contributed by atoms with E-state index in [9.17, 15) is 0 Å². The van der Waals surface area contributed by atoms with Crippen LogP contribution in [0.25, 0.3) is 27.7 Å².